The Labute approximate surface area is 100 Å². The molecule has 0 aromatic heterocycles. The second-order valence-corrected chi connectivity index (χ2v) is 5.34. The molecule has 0 spiro atoms. The van der Waals surface area contributed by atoms with Gasteiger partial charge in [0.05, 0.1) is 0 Å². The van der Waals surface area contributed by atoms with E-state index in [0.29, 0.717) is 6.42 Å². The Morgan fingerprint density at radius 1 is 1.06 bits per heavy atom. The van der Waals surface area contributed by atoms with Crippen LogP contribution in [0.4, 0.5) is 0 Å². The molecule has 2 N–H and O–H groups in total. The van der Waals surface area contributed by atoms with Crippen molar-refractivity contribution in [3.8, 4) is 0 Å². The van der Waals surface area contributed by atoms with E-state index in [2.05, 4.69) is 38.3 Å². The normalized spacial score (nSPS) is 11.5. The number of carbonyl (C=O) groups excluding carboxylic acids is 1. The van der Waals surface area contributed by atoms with Gasteiger partial charge in [0, 0.05) is 25.0 Å². The molecule has 0 atom stereocenters. The Bertz CT molecular complexity index is 185. The van der Waals surface area contributed by atoms with Gasteiger partial charge in [-0.1, -0.05) is 26.2 Å². The molecule has 0 saturated carbocycles. The van der Waals surface area contributed by atoms with E-state index in [1.165, 1.54) is 19.3 Å². The van der Waals surface area contributed by atoms with Gasteiger partial charge in [0.2, 0.25) is 5.91 Å². The van der Waals surface area contributed by atoms with Gasteiger partial charge in [-0.2, -0.15) is 0 Å². The highest BCUT2D eigenvalue weighted by Crippen LogP contribution is 1.98. The first-order valence-electron chi connectivity index (χ1n) is 6.47. The van der Waals surface area contributed by atoms with Crippen LogP contribution >= 0.6 is 0 Å². The maximum atomic E-state index is 11.4. The van der Waals surface area contributed by atoms with Gasteiger partial charge in [0.1, 0.15) is 0 Å². The molecule has 0 radical (unpaired) electrons. The van der Waals surface area contributed by atoms with Crippen LogP contribution in [0.15, 0.2) is 0 Å². The van der Waals surface area contributed by atoms with Crippen LogP contribution in [0.1, 0.15) is 59.8 Å². The highest BCUT2D eigenvalue weighted by atomic mass is 16.1. The van der Waals surface area contributed by atoms with Crippen molar-refractivity contribution in [2.24, 2.45) is 0 Å². The highest BCUT2D eigenvalue weighted by Gasteiger charge is 2.08. The number of carbonyl (C=O) groups is 1. The number of rotatable bonds is 8. The fraction of sp³-hybridized carbons (Fsp3) is 0.923. The molecule has 0 unspecified atom stereocenters. The molecular weight excluding hydrogens is 200 g/mol. The zero-order valence-electron chi connectivity index (χ0n) is 11.4. The summed E-state index contributed by atoms with van der Waals surface area (Å²) in [4.78, 5) is 11.4. The molecule has 96 valence electrons. The third kappa shape index (κ3) is 11.5. The summed E-state index contributed by atoms with van der Waals surface area (Å²) in [5, 5.41) is 6.25. The second-order valence-electron chi connectivity index (χ2n) is 5.34. The van der Waals surface area contributed by atoms with Crippen LogP contribution in [-0.4, -0.2) is 24.5 Å². The van der Waals surface area contributed by atoms with E-state index in [-0.39, 0.29) is 11.4 Å². The van der Waals surface area contributed by atoms with Crippen molar-refractivity contribution in [1.82, 2.24) is 10.6 Å². The number of nitrogens with one attached hydrogen (secondary N) is 2. The summed E-state index contributed by atoms with van der Waals surface area (Å²) in [5.41, 5.74) is 0.0986. The molecule has 0 aliphatic heterocycles. The van der Waals surface area contributed by atoms with Gasteiger partial charge in [-0.3, -0.25) is 4.79 Å². The number of hydrogen-bond acceptors (Lipinski definition) is 2. The van der Waals surface area contributed by atoms with Crippen molar-refractivity contribution < 1.29 is 4.79 Å². The van der Waals surface area contributed by atoms with Crippen LogP contribution in [0.2, 0.25) is 0 Å². The van der Waals surface area contributed by atoms with E-state index in [9.17, 15) is 4.79 Å². The Morgan fingerprint density at radius 2 is 1.75 bits per heavy atom. The van der Waals surface area contributed by atoms with Gasteiger partial charge in [-0.25, -0.2) is 0 Å². The molecule has 0 aliphatic rings. The standard InChI is InChI=1S/C13H28N2O/c1-5-6-7-8-10-14-12(16)9-11-15-13(2,3)4/h15H,5-11H2,1-4H3,(H,14,16). The minimum absolute atomic E-state index is 0.0986. The summed E-state index contributed by atoms with van der Waals surface area (Å²) in [6.07, 6.45) is 5.40. The monoisotopic (exact) mass is 228 g/mol. The molecule has 3 nitrogen and oxygen atoms in total. The zero-order valence-corrected chi connectivity index (χ0v) is 11.4. The molecule has 0 heterocycles. The summed E-state index contributed by atoms with van der Waals surface area (Å²) >= 11 is 0. The van der Waals surface area contributed by atoms with E-state index in [4.69, 9.17) is 0 Å². The minimum Gasteiger partial charge on any atom is -0.356 e. The van der Waals surface area contributed by atoms with Crippen molar-refractivity contribution >= 4 is 5.91 Å². The topological polar surface area (TPSA) is 41.1 Å². The first-order valence-corrected chi connectivity index (χ1v) is 6.47. The maximum Gasteiger partial charge on any atom is 0.221 e. The summed E-state index contributed by atoms with van der Waals surface area (Å²) < 4.78 is 0. The minimum atomic E-state index is 0.0986. The number of unbranched alkanes of at least 4 members (excludes halogenated alkanes) is 3. The SMILES string of the molecule is CCCCCCNC(=O)CCNC(C)(C)C. The van der Waals surface area contributed by atoms with Crippen LogP contribution in [-0.2, 0) is 4.79 Å². The molecule has 0 fully saturated rings. The van der Waals surface area contributed by atoms with E-state index in [1.807, 2.05) is 0 Å². The first kappa shape index (κ1) is 15.4. The smallest absolute Gasteiger partial charge is 0.221 e. The largest absolute Gasteiger partial charge is 0.356 e. The van der Waals surface area contributed by atoms with E-state index >= 15 is 0 Å². The van der Waals surface area contributed by atoms with Gasteiger partial charge in [0.25, 0.3) is 0 Å². The van der Waals surface area contributed by atoms with Crippen molar-refractivity contribution in [3.05, 3.63) is 0 Å². The summed E-state index contributed by atoms with van der Waals surface area (Å²) in [5.74, 6) is 0.160. The van der Waals surface area contributed by atoms with Crippen LogP contribution in [0, 0.1) is 0 Å². The summed E-state index contributed by atoms with van der Waals surface area (Å²) in [7, 11) is 0. The lowest BCUT2D eigenvalue weighted by atomic mass is 10.1. The summed E-state index contributed by atoms with van der Waals surface area (Å²) in [6.45, 7) is 10.1. The van der Waals surface area contributed by atoms with Gasteiger partial charge >= 0.3 is 0 Å². The second kappa shape index (κ2) is 8.57. The number of amides is 1. The quantitative estimate of drug-likeness (QED) is 0.627. The molecule has 16 heavy (non-hydrogen) atoms. The predicted octanol–water partition coefficient (Wildman–Crippen LogP) is 2.46. The van der Waals surface area contributed by atoms with Crippen molar-refractivity contribution in [2.45, 2.75) is 65.3 Å². The molecule has 0 rings (SSSR count). The van der Waals surface area contributed by atoms with Gasteiger partial charge in [-0.15, -0.1) is 0 Å². The van der Waals surface area contributed by atoms with Crippen LogP contribution in [0.25, 0.3) is 0 Å². The highest BCUT2D eigenvalue weighted by molar-refractivity contribution is 5.75. The molecule has 0 saturated heterocycles. The molecule has 0 aromatic rings. The molecule has 1 amide bonds. The lowest BCUT2D eigenvalue weighted by Gasteiger charge is -2.20. The Kier molecular flexibility index (Phi) is 8.26. The van der Waals surface area contributed by atoms with Gasteiger partial charge < -0.3 is 10.6 Å². The van der Waals surface area contributed by atoms with Crippen molar-refractivity contribution in [2.75, 3.05) is 13.1 Å². The number of hydrogen-bond donors (Lipinski definition) is 2. The van der Waals surface area contributed by atoms with Crippen molar-refractivity contribution in [3.63, 3.8) is 0 Å². The van der Waals surface area contributed by atoms with E-state index < -0.39 is 0 Å². The fourth-order valence-electron chi connectivity index (χ4n) is 1.42. The van der Waals surface area contributed by atoms with Gasteiger partial charge in [0.15, 0.2) is 0 Å². The Morgan fingerprint density at radius 3 is 2.31 bits per heavy atom. The molecule has 3 heteroatoms. The van der Waals surface area contributed by atoms with Crippen LogP contribution in [0.3, 0.4) is 0 Å². The van der Waals surface area contributed by atoms with E-state index in [1.54, 1.807) is 0 Å². The molecule has 0 bridgehead atoms. The maximum absolute atomic E-state index is 11.4. The predicted molar refractivity (Wildman–Crippen MR) is 69.5 cm³/mol. The Balaban J connectivity index is 3.32. The average Bonchev–Trinajstić information content (AvgIpc) is 2.15. The molecule has 0 aromatic carbocycles. The fourth-order valence-corrected chi connectivity index (χ4v) is 1.42. The zero-order chi connectivity index (χ0) is 12.4. The Hall–Kier alpha value is -0.570. The summed E-state index contributed by atoms with van der Waals surface area (Å²) in [6, 6.07) is 0. The third-order valence-corrected chi connectivity index (χ3v) is 2.36. The van der Waals surface area contributed by atoms with Gasteiger partial charge in [-0.05, 0) is 27.2 Å². The van der Waals surface area contributed by atoms with E-state index in [0.717, 1.165) is 19.5 Å². The third-order valence-electron chi connectivity index (χ3n) is 2.36. The first-order chi connectivity index (χ1) is 7.45. The molecule has 0 aliphatic carbocycles. The van der Waals surface area contributed by atoms with Crippen LogP contribution in [0.5, 0.6) is 0 Å². The average molecular weight is 228 g/mol. The lowest BCUT2D eigenvalue weighted by Crippen LogP contribution is -2.38. The van der Waals surface area contributed by atoms with Crippen molar-refractivity contribution in [1.29, 1.82) is 0 Å². The van der Waals surface area contributed by atoms with Crippen LogP contribution < -0.4 is 10.6 Å². The molecular formula is C13H28N2O. The lowest BCUT2D eigenvalue weighted by molar-refractivity contribution is -0.121.